The molecule has 1 aromatic heterocycles. The first-order chi connectivity index (χ1) is 16.1. The first kappa shape index (κ1) is 21.2. The minimum absolute atomic E-state index is 0.241. The standard InChI is InChI=1S/C31H29NO/c1-4-5-14-31(33)23-15-17-25(21(2)19-23)26-18-16-24(20-22(26)3)32-29-12-8-6-10-27(29)28-11-7-9-13-30(28)32/h6-13,15-20H,4-5,14H2,1-3H3. The lowest BCUT2D eigenvalue weighted by Crippen LogP contribution is -2.00. The van der Waals surface area contributed by atoms with E-state index in [2.05, 4.69) is 98.1 Å². The molecule has 0 saturated carbocycles. The SMILES string of the molecule is CCCCC(=O)c1ccc(-c2ccc(-n3c4ccccc4c4ccccc43)cc2C)c(C)c1. The van der Waals surface area contributed by atoms with Gasteiger partial charge in [-0.05, 0) is 72.9 Å². The minimum Gasteiger partial charge on any atom is -0.309 e. The van der Waals surface area contributed by atoms with E-state index < -0.39 is 0 Å². The van der Waals surface area contributed by atoms with Crippen molar-refractivity contribution >= 4 is 27.6 Å². The second-order valence-electron chi connectivity index (χ2n) is 8.93. The summed E-state index contributed by atoms with van der Waals surface area (Å²) in [6, 6.07) is 30.0. The third-order valence-electron chi connectivity index (χ3n) is 6.64. The quantitative estimate of drug-likeness (QED) is 0.247. The van der Waals surface area contributed by atoms with Gasteiger partial charge < -0.3 is 4.57 Å². The maximum Gasteiger partial charge on any atom is 0.162 e. The smallest absolute Gasteiger partial charge is 0.162 e. The molecule has 0 fully saturated rings. The Morgan fingerprint density at radius 2 is 1.30 bits per heavy atom. The molecule has 0 atom stereocenters. The summed E-state index contributed by atoms with van der Waals surface area (Å²) in [5.74, 6) is 0.241. The van der Waals surface area contributed by atoms with Crippen LogP contribution in [0.25, 0.3) is 38.6 Å². The van der Waals surface area contributed by atoms with Crippen LogP contribution < -0.4 is 0 Å². The van der Waals surface area contributed by atoms with Crippen LogP contribution in [0.15, 0.2) is 84.9 Å². The van der Waals surface area contributed by atoms with Crippen LogP contribution in [0.2, 0.25) is 0 Å². The number of benzene rings is 4. The number of carbonyl (C=O) groups excluding carboxylic acids is 1. The van der Waals surface area contributed by atoms with E-state index in [0.29, 0.717) is 6.42 Å². The molecule has 2 heteroatoms. The van der Waals surface area contributed by atoms with Gasteiger partial charge in [0.15, 0.2) is 5.78 Å². The van der Waals surface area contributed by atoms with E-state index in [1.165, 1.54) is 38.5 Å². The van der Waals surface area contributed by atoms with Gasteiger partial charge in [0.05, 0.1) is 11.0 Å². The summed E-state index contributed by atoms with van der Waals surface area (Å²) in [7, 11) is 0. The van der Waals surface area contributed by atoms with Gasteiger partial charge in [-0.25, -0.2) is 0 Å². The Bertz CT molecular complexity index is 1430. The van der Waals surface area contributed by atoms with Crippen LogP contribution in [0.3, 0.4) is 0 Å². The van der Waals surface area contributed by atoms with E-state index in [9.17, 15) is 4.79 Å². The van der Waals surface area contributed by atoms with Gasteiger partial charge in [0.2, 0.25) is 0 Å². The predicted octanol–water partition coefficient (Wildman–Crippen LogP) is 8.44. The van der Waals surface area contributed by atoms with Gasteiger partial charge in [-0.1, -0.05) is 67.9 Å². The number of para-hydroxylation sites is 2. The molecule has 2 nitrogen and oxygen atoms in total. The van der Waals surface area contributed by atoms with Crippen molar-refractivity contribution in [3.8, 4) is 16.8 Å². The van der Waals surface area contributed by atoms with Gasteiger partial charge in [-0.2, -0.15) is 0 Å². The summed E-state index contributed by atoms with van der Waals surface area (Å²) in [5, 5.41) is 2.54. The van der Waals surface area contributed by atoms with Crippen LogP contribution in [0, 0.1) is 13.8 Å². The van der Waals surface area contributed by atoms with Crippen molar-refractivity contribution in [2.24, 2.45) is 0 Å². The van der Waals surface area contributed by atoms with Gasteiger partial charge >= 0.3 is 0 Å². The highest BCUT2D eigenvalue weighted by Gasteiger charge is 2.14. The average Bonchev–Trinajstić information content (AvgIpc) is 3.17. The molecule has 0 unspecified atom stereocenters. The van der Waals surface area contributed by atoms with Crippen molar-refractivity contribution in [2.45, 2.75) is 40.0 Å². The highest BCUT2D eigenvalue weighted by molar-refractivity contribution is 6.09. The van der Waals surface area contributed by atoms with Gasteiger partial charge in [0.1, 0.15) is 0 Å². The number of unbranched alkanes of at least 4 members (excludes halogenated alkanes) is 1. The fraction of sp³-hybridized carbons (Fsp3) is 0.194. The van der Waals surface area contributed by atoms with Crippen LogP contribution in [-0.4, -0.2) is 10.4 Å². The number of nitrogens with zero attached hydrogens (tertiary/aromatic N) is 1. The van der Waals surface area contributed by atoms with Crippen LogP contribution in [0.4, 0.5) is 0 Å². The van der Waals surface area contributed by atoms with Crippen molar-refractivity contribution in [3.63, 3.8) is 0 Å². The zero-order chi connectivity index (χ0) is 22.9. The Kier molecular flexibility index (Phi) is 5.60. The minimum atomic E-state index is 0.241. The molecule has 0 aliphatic rings. The van der Waals surface area contributed by atoms with Crippen molar-refractivity contribution in [1.29, 1.82) is 0 Å². The highest BCUT2D eigenvalue weighted by atomic mass is 16.1. The highest BCUT2D eigenvalue weighted by Crippen LogP contribution is 2.34. The normalized spacial score (nSPS) is 11.4. The van der Waals surface area contributed by atoms with E-state index in [4.69, 9.17) is 0 Å². The molecule has 0 amide bonds. The van der Waals surface area contributed by atoms with Gasteiger partial charge in [0.25, 0.3) is 0 Å². The van der Waals surface area contributed by atoms with Crippen molar-refractivity contribution in [2.75, 3.05) is 0 Å². The first-order valence-corrected chi connectivity index (χ1v) is 11.8. The van der Waals surface area contributed by atoms with Crippen LogP contribution >= 0.6 is 0 Å². The van der Waals surface area contributed by atoms with Crippen LogP contribution in [-0.2, 0) is 0 Å². The molecule has 0 spiro atoms. The van der Waals surface area contributed by atoms with E-state index in [-0.39, 0.29) is 5.78 Å². The maximum atomic E-state index is 12.5. The molecule has 0 saturated heterocycles. The summed E-state index contributed by atoms with van der Waals surface area (Å²) >= 11 is 0. The molecular weight excluding hydrogens is 402 g/mol. The van der Waals surface area contributed by atoms with Crippen LogP contribution in [0.5, 0.6) is 0 Å². The number of aromatic nitrogens is 1. The third kappa shape index (κ3) is 3.76. The van der Waals surface area contributed by atoms with E-state index in [1.807, 2.05) is 12.1 Å². The lowest BCUT2D eigenvalue weighted by molar-refractivity contribution is 0.0979. The second-order valence-corrected chi connectivity index (χ2v) is 8.93. The molecule has 0 aliphatic heterocycles. The fourth-order valence-electron chi connectivity index (χ4n) is 4.91. The molecular formula is C31H29NO. The van der Waals surface area contributed by atoms with Gasteiger partial charge in [-0.3, -0.25) is 4.79 Å². The number of aryl methyl sites for hydroxylation is 2. The van der Waals surface area contributed by atoms with E-state index >= 15 is 0 Å². The largest absolute Gasteiger partial charge is 0.309 e. The molecule has 0 N–H and O–H groups in total. The van der Waals surface area contributed by atoms with Crippen molar-refractivity contribution in [3.05, 3.63) is 102 Å². The monoisotopic (exact) mass is 431 g/mol. The summed E-state index contributed by atoms with van der Waals surface area (Å²) in [6.07, 6.45) is 2.62. The predicted molar refractivity (Wildman–Crippen MR) is 140 cm³/mol. The van der Waals surface area contributed by atoms with E-state index in [0.717, 1.165) is 29.7 Å². The number of ketones is 1. The molecule has 4 aromatic carbocycles. The number of fused-ring (bicyclic) bond motifs is 3. The Balaban J connectivity index is 1.57. The molecule has 0 aliphatic carbocycles. The number of hydrogen-bond acceptors (Lipinski definition) is 1. The van der Waals surface area contributed by atoms with Crippen LogP contribution in [0.1, 0.15) is 47.7 Å². The van der Waals surface area contributed by atoms with Gasteiger partial charge in [0, 0.05) is 28.4 Å². The lowest BCUT2D eigenvalue weighted by Gasteiger charge is -2.14. The number of rotatable bonds is 6. The second kappa shape index (κ2) is 8.71. The molecule has 1 heterocycles. The number of Topliss-reactive ketones (excluding diaryl/α,β-unsaturated/α-hetero) is 1. The number of carbonyl (C=O) groups is 1. The molecule has 164 valence electrons. The Labute approximate surface area is 195 Å². The lowest BCUT2D eigenvalue weighted by atomic mass is 9.93. The molecule has 5 aromatic rings. The third-order valence-corrected chi connectivity index (χ3v) is 6.64. The summed E-state index contributed by atoms with van der Waals surface area (Å²) in [6.45, 7) is 6.39. The first-order valence-electron chi connectivity index (χ1n) is 11.8. The topological polar surface area (TPSA) is 22.0 Å². The summed E-state index contributed by atoms with van der Waals surface area (Å²) in [4.78, 5) is 12.5. The number of hydrogen-bond donors (Lipinski definition) is 0. The average molecular weight is 432 g/mol. The zero-order valence-corrected chi connectivity index (χ0v) is 19.6. The Morgan fingerprint density at radius 1 is 0.727 bits per heavy atom. The molecule has 0 radical (unpaired) electrons. The summed E-state index contributed by atoms with van der Waals surface area (Å²) in [5.41, 5.74) is 9.20. The van der Waals surface area contributed by atoms with Crippen molar-refractivity contribution < 1.29 is 4.79 Å². The molecule has 33 heavy (non-hydrogen) atoms. The zero-order valence-electron chi connectivity index (χ0n) is 19.6. The van der Waals surface area contributed by atoms with Crippen molar-refractivity contribution in [1.82, 2.24) is 4.57 Å². The van der Waals surface area contributed by atoms with E-state index in [1.54, 1.807) is 0 Å². The molecule has 0 bridgehead atoms. The van der Waals surface area contributed by atoms with Gasteiger partial charge in [-0.15, -0.1) is 0 Å². The summed E-state index contributed by atoms with van der Waals surface area (Å²) < 4.78 is 2.35. The fourth-order valence-corrected chi connectivity index (χ4v) is 4.91. The maximum absolute atomic E-state index is 12.5. The Morgan fingerprint density at radius 3 is 1.88 bits per heavy atom. The Hall–Kier alpha value is -3.65. The molecule has 5 rings (SSSR count).